The minimum absolute atomic E-state index is 0.174. The molecule has 0 aromatic rings. The molecule has 0 saturated heterocycles. The zero-order valence-corrected chi connectivity index (χ0v) is 29.7. The number of ether oxygens (including phenoxy) is 2. The third kappa shape index (κ3) is 35.4. The summed E-state index contributed by atoms with van der Waals surface area (Å²) in [5, 5.41) is 9.56. The molecule has 260 valence electrons. The Morgan fingerprint density at radius 1 is 0.545 bits per heavy atom. The fraction of sp³-hybridized carbons (Fsp3) is 0.875. The van der Waals surface area contributed by atoms with E-state index in [-0.39, 0.29) is 12.6 Å². The molecule has 0 saturated carbocycles. The summed E-state index contributed by atoms with van der Waals surface area (Å²) in [5.74, 6) is -0.212. The highest BCUT2D eigenvalue weighted by Crippen LogP contribution is 2.14. The largest absolute Gasteiger partial charge is 0.457 e. The lowest BCUT2D eigenvalue weighted by molar-refractivity contribution is -0.154. The number of allylic oxidation sites excluding steroid dienone is 4. The average molecular weight is 621 g/mol. The summed E-state index contributed by atoms with van der Waals surface area (Å²) in [6, 6.07) is 0. The van der Waals surface area contributed by atoms with Crippen LogP contribution in [0.1, 0.15) is 200 Å². The van der Waals surface area contributed by atoms with E-state index in [0.717, 1.165) is 38.5 Å². The number of aliphatic hydroxyl groups excluding tert-OH is 1. The Labute approximate surface area is 275 Å². The maximum Gasteiger partial charge on any atom is 0.306 e. The minimum atomic E-state index is -0.536. The molecule has 0 radical (unpaired) electrons. The molecule has 0 aliphatic carbocycles. The Bertz CT molecular complexity index is 614. The van der Waals surface area contributed by atoms with Crippen molar-refractivity contribution in [2.24, 2.45) is 0 Å². The van der Waals surface area contributed by atoms with E-state index in [2.05, 4.69) is 38.2 Å². The summed E-state index contributed by atoms with van der Waals surface area (Å²) < 4.78 is 11.1. The van der Waals surface area contributed by atoms with Crippen molar-refractivity contribution >= 4 is 5.97 Å². The van der Waals surface area contributed by atoms with E-state index < -0.39 is 6.10 Å². The van der Waals surface area contributed by atoms with Crippen LogP contribution < -0.4 is 0 Å². The molecule has 0 heterocycles. The highest BCUT2D eigenvalue weighted by Gasteiger charge is 2.13. The zero-order valence-electron chi connectivity index (χ0n) is 29.7. The molecule has 0 spiro atoms. The normalized spacial score (nSPS) is 12.5. The summed E-state index contributed by atoms with van der Waals surface area (Å²) >= 11 is 0. The van der Waals surface area contributed by atoms with Gasteiger partial charge in [-0.1, -0.05) is 173 Å². The maximum absolute atomic E-state index is 12.1. The third-order valence-electron chi connectivity index (χ3n) is 8.53. The molecule has 1 unspecified atom stereocenters. The summed E-state index contributed by atoms with van der Waals surface area (Å²) in [4.78, 5) is 12.1. The Balaban J connectivity index is 3.44. The van der Waals surface area contributed by atoms with Gasteiger partial charge in [-0.25, -0.2) is 0 Å². The second kappa shape index (κ2) is 38.1. The van der Waals surface area contributed by atoms with Crippen molar-refractivity contribution < 1.29 is 19.4 Å². The first-order valence-electron chi connectivity index (χ1n) is 19.4. The lowest BCUT2D eigenvalue weighted by Crippen LogP contribution is -2.27. The van der Waals surface area contributed by atoms with Crippen LogP contribution in [0.3, 0.4) is 0 Å². The predicted octanol–water partition coefficient (Wildman–Crippen LogP) is 12.4. The van der Waals surface area contributed by atoms with E-state index in [1.165, 1.54) is 141 Å². The smallest absolute Gasteiger partial charge is 0.306 e. The molecule has 0 amide bonds. The van der Waals surface area contributed by atoms with Crippen LogP contribution in [-0.4, -0.2) is 37.0 Å². The van der Waals surface area contributed by atoms with Crippen LogP contribution in [0.4, 0.5) is 0 Å². The van der Waals surface area contributed by atoms with E-state index in [0.29, 0.717) is 19.6 Å². The van der Waals surface area contributed by atoms with Crippen LogP contribution in [0, 0.1) is 0 Å². The van der Waals surface area contributed by atoms with Crippen molar-refractivity contribution in [3.05, 3.63) is 24.3 Å². The van der Waals surface area contributed by atoms with Gasteiger partial charge < -0.3 is 14.6 Å². The quantitative estimate of drug-likeness (QED) is 0.0430. The van der Waals surface area contributed by atoms with Gasteiger partial charge in [0.25, 0.3) is 0 Å². The number of hydrogen-bond acceptors (Lipinski definition) is 4. The van der Waals surface area contributed by atoms with Gasteiger partial charge in [0.2, 0.25) is 0 Å². The fourth-order valence-electron chi connectivity index (χ4n) is 5.59. The Hall–Kier alpha value is -1.13. The van der Waals surface area contributed by atoms with Gasteiger partial charge in [-0.15, -0.1) is 0 Å². The lowest BCUT2D eigenvalue weighted by Gasteiger charge is -2.15. The van der Waals surface area contributed by atoms with Gasteiger partial charge in [-0.3, -0.25) is 4.79 Å². The molecule has 0 fully saturated rings. The van der Waals surface area contributed by atoms with Gasteiger partial charge in [-0.05, 0) is 44.9 Å². The van der Waals surface area contributed by atoms with E-state index in [1.807, 2.05) is 0 Å². The van der Waals surface area contributed by atoms with Gasteiger partial charge in [0.1, 0.15) is 6.10 Å². The van der Waals surface area contributed by atoms with Crippen molar-refractivity contribution in [3.8, 4) is 0 Å². The van der Waals surface area contributed by atoms with Crippen LogP contribution in [0.15, 0.2) is 24.3 Å². The lowest BCUT2D eigenvalue weighted by atomic mass is 10.0. The molecule has 44 heavy (non-hydrogen) atoms. The second-order valence-electron chi connectivity index (χ2n) is 13.0. The van der Waals surface area contributed by atoms with Crippen molar-refractivity contribution in [1.29, 1.82) is 0 Å². The van der Waals surface area contributed by atoms with Crippen LogP contribution in [0.2, 0.25) is 0 Å². The Morgan fingerprint density at radius 2 is 0.955 bits per heavy atom. The third-order valence-corrected chi connectivity index (χ3v) is 8.53. The molecule has 0 rings (SSSR count). The molecule has 4 nitrogen and oxygen atoms in total. The number of carbonyl (C=O) groups excluding carboxylic acids is 1. The van der Waals surface area contributed by atoms with Crippen molar-refractivity contribution in [1.82, 2.24) is 0 Å². The average Bonchev–Trinajstić information content (AvgIpc) is 3.03. The zero-order chi connectivity index (χ0) is 32.0. The summed E-state index contributed by atoms with van der Waals surface area (Å²) in [6.45, 7) is 5.34. The van der Waals surface area contributed by atoms with E-state index >= 15 is 0 Å². The minimum Gasteiger partial charge on any atom is -0.457 e. The molecular formula is C40H76O4. The summed E-state index contributed by atoms with van der Waals surface area (Å²) in [5.41, 5.74) is 0. The van der Waals surface area contributed by atoms with Gasteiger partial charge in [-0.2, -0.15) is 0 Å². The predicted molar refractivity (Wildman–Crippen MR) is 191 cm³/mol. The van der Waals surface area contributed by atoms with Gasteiger partial charge in [0.15, 0.2) is 0 Å². The first-order valence-corrected chi connectivity index (χ1v) is 19.4. The first-order chi connectivity index (χ1) is 21.7. The molecule has 0 bridgehead atoms. The Kier molecular flexibility index (Phi) is 37.1. The standard InChI is InChI=1S/C40H76O4/c1-3-5-7-9-11-13-15-17-19-21-23-25-27-29-31-33-35-40(42)44-39(37-41)38-43-36-34-32-30-28-26-24-22-20-18-16-14-12-10-8-6-4-2/h13,15,19,21,39,41H,3-12,14,16-18,20,22-38H2,1-2H3/b15-13-,21-19-. The number of esters is 1. The molecule has 0 aromatic heterocycles. The first kappa shape index (κ1) is 42.9. The van der Waals surface area contributed by atoms with Crippen molar-refractivity contribution in [3.63, 3.8) is 0 Å². The molecule has 1 N–H and O–H groups in total. The molecule has 0 aliphatic rings. The highest BCUT2D eigenvalue weighted by atomic mass is 16.6. The highest BCUT2D eigenvalue weighted by molar-refractivity contribution is 5.69. The van der Waals surface area contributed by atoms with E-state index in [9.17, 15) is 9.90 Å². The monoisotopic (exact) mass is 621 g/mol. The number of rotatable bonds is 36. The molecule has 4 heteroatoms. The number of hydrogen-bond donors (Lipinski definition) is 1. The SMILES string of the molecule is CCCCCC/C=C\C/C=C\CCCCCCCC(=O)OC(CO)COCCCCCCCCCCCCCCCCCC. The molecular weight excluding hydrogens is 544 g/mol. The maximum atomic E-state index is 12.1. The second-order valence-corrected chi connectivity index (χ2v) is 13.0. The topological polar surface area (TPSA) is 55.8 Å². The molecule has 1 atom stereocenters. The number of aliphatic hydroxyl groups is 1. The van der Waals surface area contributed by atoms with Gasteiger partial charge >= 0.3 is 5.97 Å². The van der Waals surface area contributed by atoms with Crippen LogP contribution in [0.5, 0.6) is 0 Å². The molecule has 0 aliphatic heterocycles. The number of unbranched alkanes of at least 4 members (excludes halogenated alkanes) is 24. The number of carbonyl (C=O) groups is 1. The van der Waals surface area contributed by atoms with Crippen LogP contribution in [-0.2, 0) is 14.3 Å². The van der Waals surface area contributed by atoms with Crippen LogP contribution >= 0.6 is 0 Å². The summed E-state index contributed by atoms with van der Waals surface area (Å²) in [6.07, 6.45) is 45.0. The van der Waals surface area contributed by atoms with Crippen LogP contribution in [0.25, 0.3) is 0 Å². The van der Waals surface area contributed by atoms with E-state index in [4.69, 9.17) is 9.47 Å². The van der Waals surface area contributed by atoms with Crippen molar-refractivity contribution in [2.75, 3.05) is 19.8 Å². The van der Waals surface area contributed by atoms with E-state index in [1.54, 1.807) is 0 Å². The Morgan fingerprint density at radius 3 is 1.43 bits per heavy atom. The summed E-state index contributed by atoms with van der Waals surface area (Å²) in [7, 11) is 0. The molecule has 0 aromatic carbocycles. The van der Waals surface area contributed by atoms with Gasteiger partial charge in [0.05, 0.1) is 13.2 Å². The van der Waals surface area contributed by atoms with Gasteiger partial charge in [0, 0.05) is 13.0 Å². The van der Waals surface area contributed by atoms with Crippen molar-refractivity contribution in [2.45, 2.75) is 206 Å². The fourth-order valence-corrected chi connectivity index (χ4v) is 5.59.